The average Bonchev–Trinajstić information content (AvgIpc) is 3.16. The number of aromatic carboxylic acids is 1. The summed E-state index contributed by atoms with van der Waals surface area (Å²) in [5.41, 5.74) is 1.68. The Hall–Kier alpha value is -3.06. The van der Waals surface area contributed by atoms with Gasteiger partial charge in [-0.15, -0.1) is 6.58 Å². The maximum absolute atomic E-state index is 12.2. The lowest BCUT2D eigenvalue weighted by Gasteiger charge is -2.07. The SMILES string of the molecule is C=CCN1C(=O)S/C(=C/c2ccc(-c3cc(C(=O)O)ccc3C)o2)C1=O. The summed E-state index contributed by atoms with van der Waals surface area (Å²) in [6.45, 7) is 5.54. The van der Waals surface area contributed by atoms with Gasteiger partial charge < -0.3 is 9.52 Å². The van der Waals surface area contributed by atoms with Crippen molar-refractivity contribution in [2.24, 2.45) is 0 Å². The molecule has 1 aromatic heterocycles. The van der Waals surface area contributed by atoms with Crippen LogP contribution >= 0.6 is 11.8 Å². The van der Waals surface area contributed by atoms with Gasteiger partial charge in [0.15, 0.2) is 0 Å². The molecule has 1 aliphatic rings. The first-order valence-electron chi connectivity index (χ1n) is 7.71. The van der Waals surface area contributed by atoms with Crippen molar-refractivity contribution < 1.29 is 23.9 Å². The Morgan fingerprint density at radius 3 is 2.77 bits per heavy atom. The Bertz CT molecular complexity index is 957. The largest absolute Gasteiger partial charge is 0.478 e. The molecule has 1 aliphatic heterocycles. The van der Waals surface area contributed by atoms with E-state index in [1.54, 1.807) is 18.2 Å². The number of aryl methyl sites for hydroxylation is 1. The number of hydrogen-bond acceptors (Lipinski definition) is 5. The Morgan fingerprint density at radius 1 is 1.31 bits per heavy atom. The third kappa shape index (κ3) is 3.34. The van der Waals surface area contributed by atoms with E-state index in [0.717, 1.165) is 22.2 Å². The number of carbonyl (C=O) groups excluding carboxylic acids is 2. The fraction of sp³-hybridized carbons (Fsp3) is 0.105. The number of benzene rings is 1. The van der Waals surface area contributed by atoms with Crippen LogP contribution in [-0.2, 0) is 4.79 Å². The molecule has 0 radical (unpaired) electrons. The number of amides is 2. The highest BCUT2D eigenvalue weighted by Gasteiger charge is 2.34. The fourth-order valence-corrected chi connectivity index (χ4v) is 3.34. The summed E-state index contributed by atoms with van der Waals surface area (Å²) in [5.74, 6) is -0.512. The van der Waals surface area contributed by atoms with Crippen LogP contribution in [0.2, 0.25) is 0 Å². The lowest BCUT2D eigenvalue weighted by molar-refractivity contribution is -0.122. The summed E-state index contributed by atoms with van der Waals surface area (Å²) < 4.78 is 5.74. The van der Waals surface area contributed by atoms with Gasteiger partial charge in [-0.1, -0.05) is 12.1 Å². The van der Waals surface area contributed by atoms with Gasteiger partial charge >= 0.3 is 5.97 Å². The molecule has 0 atom stereocenters. The van der Waals surface area contributed by atoms with E-state index in [1.165, 1.54) is 24.3 Å². The highest BCUT2D eigenvalue weighted by atomic mass is 32.2. The van der Waals surface area contributed by atoms with Crippen molar-refractivity contribution in [3.63, 3.8) is 0 Å². The zero-order valence-electron chi connectivity index (χ0n) is 13.9. The number of nitrogens with zero attached hydrogens (tertiary/aromatic N) is 1. The van der Waals surface area contributed by atoms with Crippen molar-refractivity contribution in [3.8, 4) is 11.3 Å². The van der Waals surface area contributed by atoms with Crippen LogP contribution in [0.5, 0.6) is 0 Å². The smallest absolute Gasteiger partial charge is 0.335 e. The molecule has 0 spiro atoms. The normalized spacial score (nSPS) is 15.7. The Labute approximate surface area is 153 Å². The lowest BCUT2D eigenvalue weighted by Crippen LogP contribution is -2.27. The van der Waals surface area contributed by atoms with Gasteiger partial charge in [0.1, 0.15) is 11.5 Å². The number of carboxylic acid groups (broad SMARTS) is 1. The van der Waals surface area contributed by atoms with Crippen molar-refractivity contribution in [2.75, 3.05) is 6.54 Å². The lowest BCUT2D eigenvalue weighted by atomic mass is 10.0. The van der Waals surface area contributed by atoms with Crippen LogP contribution in [0.1, 0.15) is 21.7 Å². The van der Waals surface area contributed by atoms with Gasteiger partial charge in [-0.3, -0.25) is 14.5 Å². The average molecular weight is 369 g/mol. The van der Waals surface area contributed by atoms with Gasteiger partial charge in [0.25, 0.3) is 11.1 Å². The maximum atomic E-state index is 12.2. The molecule has 1 N–H and O–H groups in total. The van der Waals surface area contributed by atoms with Crippen molar-refractivity contribution >= 4 is 35.0 Å². The molecule has 6 nitrogen and oxygen atoms in total. The van der Waals surface area contributed by atoms with Gasteiger partial charge in [-0.25, -0.2) is 4.79 Å². The van der Waals surface area contributed by atoms with E-state index in [4.69, 9.17) is 9.52 Å². The first-order chi connectivity index (χ1) is 12.4. The van der Waals surface area contributed by atoms with E-state index in [9.17, 15) is 14.4 Å². The third-order valence-corrected chi connectivity index (χ3v) is 4.74. The minimum absolute atomic E-state index is 0.159. The molecule has 7 heteroatoms. The van der Waals surface area contributed by atoms with Gasteiger partial charge in [0.2, 0.25) is 0 Å². The molecular formula is C19H15NO5S. The standard InChI is InChI=1S/C19H15NO5S/c1-3-8-20-17(21)16(26-19(20)24)10-13-6-7-15(25-13)14-9-12(18(22)23)5-4-11(14)2/h3-7,9-10H,1,8H2,2H3,(H,22,23)/b16-10+. The molecule has 2 amide bonds. The van der Waals surface area contributed by atoms with Crippen molar-refractivity contribution in [1.29, 1.82) is 0 Å². The van der Waals surface area contributed by atoms with Crippen LogP contribution in [0.25, 0.3) is 17.4 Å². The molecule has 2 aromatic rings. The van der Waals surface area contributed by atoms with Gasteiger partial charge in [0, 0.05) is 18.2 Å². The second-order valence-electron chi connectivity index (χ2n) is 5.62. The number of furan rings is 1. The summed E-state index contributed by atoms with van der Waals surface area (Å²) >= 11 is 0.844. The Kier molecular flexibility index (Phi) is 4.81. The van der Waals surface area contributed by atoms with E-state index in [-0.39, 0.29) is 28.2 Å². The topological polar surface area (TPSA) is 87.8 Å². The first-order valence-corrected chi connectivity index (χ1v) is 8.52. The summed E-state index contributed by atoms with van der Waals surface area (Å²) in [5, 5.41) is 8.79. The van der Waals surface area contributed by atoms with Crippen molar-refractivity contribution in [3.05, 3.63) is 64.8 Å². The second kappa shape index (κ2) is 7.05. The highest BCUT2D eigenvalue weighted by molar-refractivity contribution is 8.18. The molecule has 0 unspecified atom stereocenters. The van der Waals surface area contributed by atoms with Crippen LogP contribution < -0.4 is 0 Å². The molecule has 0 bridgehead atoms. The second-order valence-corrected chi connectivity index (χ2v) is 6.61. The van der Waals surface area contributed by atoms with Crippen LogP contribution in [-0.4, -0.2) is 33.7 Å². The monoisotopic (exact) mass is 369 g/mol. The van der Waals surface area contributed by atoms with Gasteiger partial charge in [0.05, 0.1) is 10.5 Å². The third-order valence-electron chi connectivity index (χ3n) is 3.84. The van der Waals surface area contributed by atoms with Crippen LogP contribution in [0, 0.1) is 6.92 Å². The summed E-state index contributed by atoms with van der Waals surface area (Å²) in [7, 11) is 0. The maximum Gasteiger partial charge on any atom is 0.335 e. The van der Waals surface area contributed by atoms with Crippen LogP contribution in [0.4, 0.5) is 4.79 Å². The summed E-state index contributed by atoms with van der Waals surface area (Å²) in [6, 6.07) is 8.15. The zero-order chi connectivity index (χ0) is 18.8. The highest BCUT2D eigenvalue weighted by Crippen LogP contribution is 2.33. The predicted molar refractivity (Wildman–Crippen MR) is 98.7 cm³/mol. The fourth-order valence-electron chi connectivity index (χ4n) is 2.51. The van der Waals surface area contributed by atoms with Crippen LogP contribution in [0.15, 0.2) is 52.3 Å². The number of carbonyl (C=O) groups is 3. The number of thioether (sulfide) groups is 1. The molecule has 3 rings (SSSR count). The molecular weight excluding hydrogens is 354 g/mol. The molecule has 0 saturated carbocycles. The summed E-state index contributed by atoms with van der Waals surface area (Å²) in [4.78, 5) is 36.6. The van der Waals surface area contributed by atoms with E-state index in [2.05, 4.69) is 6.58 Å². The van der Waals surface area contributed by atoms with E-state index >= 15 is 0 Å². The molecule has 1 aromatic carbocycles. The van der Waals surface area contributed by atoms with E-state index in [0.29, 0.717) is 17.1 Å². The first kappa shape index (κ1) is 17.8. The number of carboxylic acids is 1. The van der Waals surface area contributed by atoms with E-state index in [1.807, 2.05) is 6.92 Å². The molecule has 2 heterocycles. The molecule has 0 aliphatic carbocycles. The number of imide groups is 1. The minimum Gasteiger partial charge on any atom is -0.478 e. The molecule has 1 saturated heterocycles. The Balaban J connectivity index is 1.91. The zero-order valence-corrected chi connectivity index (χ0v) is 14.7. The van der Waals surface area contributed by atoms with Crippen LogP contribution in [0.3, 0.4) is 0 Å². The number of hydrogen-bond donors (Lipinski definition) is 1. The number of rotatable bonds is 5. The Morgan fingerprint density at radius 2 is 2.08 bits per heavy atom. The minimum atomic E-state index is -1.02. The van der Waals surface area contributed by atoms with Crippen molar-refractivity contribution in [2.45, 2.75) is 6.92 Å². The predicted octanol–water partition coefficient (Wildman–Crippen LogP) is 4.18. The van der Waals surface area contributed by atoms with Gasteiger partial charge in [-0.2, -0.15) is 0 Å². The molecule has 132 valence electrons. The van der Waals surface area contributed by atoms with Gasteiger partial charge in [-0.05, 0) is 48.5 Å². The molecule has 26 heavy (non-hydrogen) atoms. The van der Waals surface area contributed by atoms with Crippen molar-refractivity contribution in [1.82, 2.24) is 4.90 Å². The van der Waals surface area contributed by atoms with E-state index < -0.39 is 5.97 Å². The quantitative estimate of drug-likeness (QED) is 0.628. The summed E-state index contributed by atoms with van der Waals surface area (Å²) in [6.07, 6.45) is 3.00. The molecule has 1 fully saturated rings.